The van der Waals surface area contributed by atoms with Gasteiger partial charge in [-0.05, 0) is 55.3 Å². The summed E-state index contributed by atoms with van der Waals surface area (Å²) in [5, 5.41) is 3.41. The Morgan fingerprint density at radius 3 is 2.29 bits per heavy atom. The van der Waals surface area contributed by atoms with Crippen LogP contribution in [-0.4, -0.2) is 41.0 Å². The summed E-state index contributed by atoms with van der Waals surface area (Å²) in [6.45, 7) is 5.18. The highest BCUT2D eigenvalue weighted by Gasteiger charge is 2.25. The normalized spacial score (nSPS) is 18.1. The number of pyridine rings is 1. The first kappa shape index (κ1) is 23.6. The highest BCUT2D eigenvalue weighted by atomic mass is 19.2. The molecule has 0 saturated carbocycles. The predicted octanol–water partition coefficient (Wildman–Crippen LogP) is 4.15. The molecule has 34 heavy (non-hydrogen) atoms. The average molecular weight is 470 g/mol. The number of ether oxygens (including phenoxy) is 1. The SMILES string of the molecule is CC1CN(C(=O)c2ccc(-c3cnc(N)c(OCc4cc(F)c(F)c(F)c4)c3)cc2)CC(C)N1. The van der Waals surface area contributed by atoms with Gasteiger partial charge in [0.15, 0.2) is 29.0 Å². The zero-order valence-electron chi connectivity index (χ0n) is 18.8. The molecule has 9 heteroatoms. The maximum absolute atomic E-state index is 13.4. The number of nitrogens with one attached hydrogen (secondary N) is 1. The van der Waals surface area contributed by atoms with Crippen molar-refractivity contribution in [3.63, 3.8) is 0 Å². The number of benzene rings is 2. The van der Waals surface area contributed by atoms with Crippen LogP contribution in [0.4, 0.5) is 19.0 Å². The molecule has 2 unspecified atom stereocenters. The first-order valence-corrected chi connectivity index (χ1v) is 10.9. The van der Waals surface area contributed by atoms with E-state index in [1.165, 1.54) is 0 Å². The Hall–Kier alpha value is -3.59. The number of aromatic nitrogens is 1. The number of hydrogen-bond acceptors (Lipinski definition) is 5. The molecule has 4 rings (SSSR count). The Balaban J connectivity index is 1.48. The molecule has 3 N–H and O–H groups in total. The number of carbonyl (C=O) groups is 1. The van der Waals surface area contributed by atoms with Crippen molar-refractivity contribution >= 4 is 11.7 Å². The van der Waals surface area contributed by atoms with E-state index in [-0.39, 0.29) is 41.7 Å². The van der Waals surface area contributed by atoms with Crippen LogP contribution in [0.2, 0.25) is 0 Å². The maximum atomic E-state index is 13.4. The highest BCUT2D eigenvalue weighted by Crippen LogP contribution is 2.28. The van der Waals surface area contributed by atoms with E-state index in [4.69, 9.17) is 10.5 Å². The van der Waals surface area contributed by atoms with Gasteiger partial charge in [0.05, 0.1) is 0 Å². The van der Waals surface area contributed by atoms with Gasteiger partial charge in [0, 0.05) is 42.5 Å². The fraction of sp³-hybridized carbons (Fsp3) is 0.280. The Morgan fingerprint density at radius 1 is 1.06 bits per heavy atom. The molecule has 2 heterocycles. The van der Waals surface area contributed by atoms with Crippen LogP contribution in [0.15, 0.2) is 48.7 Å². The fourth-order valence-electron chi connectivity index (χ4n) is 4.06. The van der Waals surface area contributed by atoms with Crippen LogP contribution in [0.5, 0.6) is 5.75 Å². The first-order chi connectivity index (χ1) is 16.2. The van der Waals surface area contributed by atoms with Crippen LogP contribution >= 0.6 is 0 Å². The maximum Gasteiger partial charge on any atom is 0.253 e. The van der Waals surface area contributed by atoms with Crippen molar-refractivity contribution in [2.75, 3.05) is 18.8 Å². The fourth-order valence-corrected chi connectivity index (χ4v) is 4.06. The molecule has 1 aliphatic rings. The lowest BCUT2D eigenvalue weighted by Gasteiger charge is -2.36. The summed E-state index contributed by atoms with van der Waals surface area (Å²) in [5.41, 5.74) is 8.06. The average Bonchev–Trinajstić information content (AvgIpc) is 2.81. The largest absolute Gasteiger partial charge is 0.485 e. The minimum absolute atomic E-state index is 0.0232. The smallest absolute Gasteiger partial charge is 0.253 e. The molecule has 3 aromatic rings. The van der Waals surface area contributed by atoms with Gasteiger partial charge in [0.25, 0.3) is 5.91 Å². The molecule has 1 saturated heterocycles. The molecule has 2 atom stereocenters. The Kier molecular flexibility index (Phi) is 6.74. The number of nitrogens with two attached hydrogens (primary N) is 1. The zero-order chi connectivity index (χ0) is 24.4. The Morgan fingerprint density at radius 2 is 1.68 bits per heavy atom. The summed E-state index contributed by atoms with van der Waals surface area (Å²) in [4.78, 5) is 18.9. The van der Waals surface area contributed by atoms with Crippen LogP contribution in [0.3, 0.4) is 0 Å². The van der Waals surface area contributed by atoms with Crippen LogP contribution < -0.4 is 15.8 Å². The lowest BCUT2D eigenvalue weighted by Crippen LogP contribution is -2.55. The molecule has 0 aliphatic carbocycles. The van der Waals surface area contributed by atoms with Gasteiger partial charge in [0.2, 0.25) is 0 Å². The molecular formula is C25H25F3N4O2. The number of piperazine rings is 1. The number of rotatable bonds is 5. The molecule has 2 aromatic carbocycles. The lowest BCUT2D eigenvalue weighted by atomic mass is 10.0. The third-order valence-corrected chi connectivity index (χ3v) is 5.63. The first-order valence-electron chi connectivity index (χ1n) is 10.9. The molecule has 1 aliphatic heterocycles. The van der Waals surface area contributed by atoms with Crippen LogP contribution in [0, 0.1) is 17.5 Å². The van der Waals surface area contributed by atoms with Gasteiger partial charge < -0.3 is 20.7 Å². The zero-order valence-corrected chi connectivity index (χ0v) is 18.8. The summed E-state index contributed by atoms with van der Waals surface area (Å²) in [5.74, 6) is -3.83. The van der Waals surface area contributed by atoms with Crippen molar-refractivity contribution in [3.8, 4) is 16.9 Å². The summed E-state index contributed by atoms with van der Waals surface area (Å²) < 4.78 is 45.6. The lowest BCUT2D eigenvalue weighted by molar-refractivity contribution is 0.0674. The third-order valence-electron chi connectivity index (χ3n) is 5.63. The number of anilines is 1. The standard InChI is InChI=1S/C25H25F3N4O2/c1-14-11-32(12-15(2)31-14)25(33)18-5-3-17(4-6-18)19-9-22(24(29)30-10-19)34-13-16-7-20(26)23(28)21(27)8-16/h3-10,14-15,31H,11-13H2,1-2H3,(H2,29,30). The van der Waals surface area contributed by atoms with E-state index in [2.05, 4.69) is 24.1 Å². The summed E-state index contributed by atoms with van der Waals surface area (Å²) in [6.07, 6.45) is 1.57. The molecule has 0 radical (unpaired) electrons. The molecule has 1 fully saturated rings. The van der Waals surface area contributed by atoms with Crippen molar-refractivity contribution in [2.45, 2.75) is 32.5 Å². The van der Waals surface area contributed by atoms with Crippen LogP contribution in [0.25, 0.3) is 11.1 Å². The number of hydrogen-bond donors (Lipinski definition) is 2. The third kappa shape index (κ3) is 5.14. The van der Waals surface area contributed by atoms with Gasteiger partial charge in [-0.1, -0.05) is 12.1 Å². The van der Waals surface area contributed by atoms with Crippen molar-refractivity contribution in [1.29, 1.82) is 0 Å². The van der Waals surface area contributed by atoms with Crippen molar-refractivity contribution in [1.82, 2.24) is 15.2 Å². The van der Waals surface area contributed by atoms with Crippen LogP contribution in [-0.2, 0) is 6.61 Å². The summed E-state index contributed by atoms with van der Waals surface area (Å²) in [6, 6.07) is 11.0. The van der Waals surface area contributed by atoms with Gasteiger partial charge in [-0.3, -0.25) is 4.79 Å². The van der Waals surface area contributed by atoms with Gasteiger partial charge >= 0.3 is 0 Å². The number of halogens is 3. The second-order valence-corrected chi connectivity index (χ2v) is 8.53. The predicted molar refractivity (Wildman–Crippen MR) is 123 cm³/mol. The van der Waals surface area contributed by atoms with E-state index >= 15 is 0 Å². The molecule has 1 aromatic heterocycles. The topological polar surface area (TPSA) is 80.5 Å². The van der Waals surface area contributed by atoms with Gasteiger partial charge in [-0.25, -0.2) is 18.2 Å². The molecule has 1 amide bonds. The van der Waals surface area contributed by atoms with E-state index in [1.54, 1.807) is 24.4 Å². The molecule has 178 valence electrons. The van der Waals surface area contributed by atoms with Gasteiger partial charge in [0.1, 0.15) is 6.61 Å². The number of amides is 1. The van der Waals surface area contributed by atoms with E-state index < -0.39 is 17.5 Å². The molecule has 0 bridgehead atoms. The molecular weight excluding hydrogens is 445 g/mol. The van der Waals surface area contributed by atoms with Crippen molar-refractivity contribution in [2.24, 2.45) is 0 Å². The Labute approximate surface area is 195 Å². The monoisotopic (exact) mass is 470 g/mol. The minimum Gasteiger partial charge on any atom is -0.485 e. The van der Waals surface area contributed by atoms with Gasteiger partial charge in [-0.2, -0.15) is 0 Å². The van der Waals surface area contributed by atoms with Crippen molar-refractivity contribution in [3.05, 3.63) is 77.2 Å². The van der Waals surface area contributed by atoms with E-state index in [0.717, 1.165) is 17.7 Å². The molecule has 6 nitrogen and oxygen atoms in total. The second-order valence-electron chi connectivity index (χ2n) is 8.53. The highest BCUT2D eigenvalue weighted by molar-refractivity contribution is 5.95. The number of carbonyl (C=O) groups excluding carboxylic acids is 1. The number of nitrogen functional groups attached to an aromatic ring is 1. The summed E-state index contributed by atoms with van der Waals surface area (Å²) >= 11 is 0. The molecule has 0 spiro atoms. The summed E-state index contributed by atoms with van der Waals surface area (Å²) in [7, 11) is 0. The van der Waals surface area contributed by atoms with Gasteiger partial charge in [-0.15, -0.1) is 0 Å². The van der Waals surface area contributed by atoms with E-state index in [1.807, 2.05) is 17.0 Å². The second kappa shape index (κ2) is 9.72. The van der Waals surface area contributed by atoms with E-state index in [0.29, 0.717) is 24.2 Å². The van der Waals surface area contributed by atoms with E-state index in [9.17, 15) is 18.0 Å². The van der Waals surface area contributed by atoms with Crippen molar-refractivity contribution < 1.29 is 22.7 Å². The Bertz CT molecular complexity index is 1170. The number of nitrogens with zero attached hydrogens (tertiary/aromatic N) is 2. The minimum atomic E-state index is -1.53. The quantitative estimate of drug-likeness (QED) is 0.548. The van der Waals surface area contributed by atoms with Crippen LogP contribution in [0.1, 0.15) is 29.8 Å².